The maximum absolute atomic E-state index is 5.06. The molecule has 0 radical (unpaired) electrons. The number of halogens is 2. The predicted molar refractivity (Wildman–Crippen MR) is 205 cm³/mol. The summed E-state index contributed by atoms with van der Waals surface area (Å²) in [4.78, 5) is 0. The van der Waals surface area contributed by atoms with Crippen molar-refractivity contribution < 1.29 is 15.1 Å². The molecule has 0 aliphatic heterocycles. The molecule has 6 rings (SSSR count). The van der Waals surface area contributed by atoms with Gasteiger partial charge in [-0.15, -0.1) is 0 Å². The number of hydrogen-bond acceptors (Lipinski definition) is 2. The first-order chi connectivity index (χ1) is 22.7. The second kappa shape index (κ2) is 23.6. The molecule has 46 heavy (non-hydrogen) atoms. The first-order valence-corrected chi connectivity index (χ1v) is 22.0. The van der Waals surface area contributed by atoms with Crippen LogP contribution in [0, 0.1) is 0 Å². The number of hydrogen-bond donors (Lipinski definition) is 2. The molecule has 0 atom stereocenters. The van der Waals surface area contributed by atoms with Crippen LogP contribution in [-0.2, 0) is 15.1 Å². The third-order valence-electron chi connectivity index (χ3n) is 6.49. The minimum absolute atomic E-state index is 0.346. The molecular weight excluding hydrogens is 730 g/mol. The van der Waals surface area contributed by atoms with E-state index in [1.807, 2.05) is 0 Å². The normalized spacial score (nSPS) is 10.1. The number of nitrogens with two attached hydrogens (primary N) is 2. The van der Waals surface area contributed by atoms with Crippen molar-refractivity contribution in [1.82, 2.24) is 0 Å². The second-order valence-corrected chi connectivity index (χ2v) is 16.7. The van der Waals surface area contributed by atoms with Crippen molar-refractivity contribution in [2.45, 2.75) is 6.42 Å². The van der Waals surface area contributed by atoms with Crippen molar-refractivity contribution in [3.05, 3.63) is 182 Å². The fourth-order valence-electron chi connectivity index (χ4n) is 4.47. The third-order valence-corrected chi connectivity index (χ3v) is 11.4. The predicted octanol–water partition coefficient (Wildman–Crippen LogP) is 7.56. The Balaban J connectivity index is 0.000000204. The van der Waals surface area contributed by atoms with Crippen molar-refractivity contribution in [2.75, 3.05) is 13.1 Å². The first kappa shape index (κ1) is 37.8. The Morgan fingerprint density at radius 1 is 0.348 bits per heavy atom. The third kappa shape index (κ3) is 13.2. The van der Waals surface area contributed by atoms with Gasteiger partial charge in [0.1, 0.15) is 0 Å². The van der Waals surface area contributed by atoms with Crippen LogP contribution in [0.25, 0.3) is 0 Å². The van der Waals surface area contributed by atoms with Crippen LogP contribution < -0.4 is 43.3 Å². The topological polar surface area (TPSA) is 52.0 Å². The van der Waals surface area contributed by atoms with E-state index in [1.165, 1.54) is 31.8 Å². The Kier molecular flexibility index (Phi) is 19.4. The van der Waals surface area contributed by atoms with E-state index >= 15 is 0 Å². The number of rotatable bonds is 8. The van der Waals surface area contributed by atoms with Crippen LogP contribution in [0.4, 0.5) is 0 Å². The standard InChI is InChI=1S/2C18H15P.C3H10N2.2ClH.Ru/c2*1-4-10-16(11-5-1)19(17-12-6-2-7-13-17)18-14-8-3-9-15-18;4-2-1-3-5;;;/h2*1-15H;1-5H2;2*1H;/q;;;;;+2/p-2. The van der Waals surface area contributed by atoms with Gasteiger partial charge in [-0.1, -0.05) is 182 Å². The van der Waals surface area contributed by atoms with Gasteiger partial charge in [-0.2, -0.15) is 0 Å². The molecule has 0 fully saturated rings. The van der Waals surface area contributed by atoms with Crippen LogP contribution in [-0.4, -0.2) is 13.1 Å². The van der Waals surface area contributed by atoms with Crippen LogP contribution in [0.5, 0.6) is 0 Å². The van der Waals surface area contributed by atoms with Gasteiger partial charge in [-0.05, 0) is 67.2 Å². The molecule has 2 nitrogen and oxygen atoms in total. The van der Waals surface area contributed by atoms with Crippen molar-refractivity contribution in [3.63, 3.8) is 0 Å². The summed E-state index contributed by atoms with van der Waals surface area (Å²) in [6.07, 6.45) is 0.944. The summed E-state index contributed by atoms with van der Waals surface area (Å²) in [6, 6.07) is 64.7. The molecule has 0 aromatic heterocycles. The van der Waals surface area contributed by atoms with Crippen molar-refractivity contribution in [2.24, 2.45) is 11.5 Å². The summed E-state index contributed by atoms with van der Waals surface area (Å²) in [5.41, 5.74) is 10.1. The van der Waals surface area contributed by atoms with Crippen LogP contribution >= 0.6 is 35.2 Å². The van der Waals surface area contributed by atoms with Gasteiger partial charge in [-0.25, -0.2) is 0 Å². The molecule has 6 aromatic carbocycles. The Bertz CT molecular complexity index is 1260. The monoisotopic (exact) mass is 770 g/mol. The molecular formula is C39H40Cl2N2P2Ru. The van der Waals surface area contributed by atoms with Gasteiger partial charge in [0.15, 0.2) is 0 Å². The molecule has 0 amide bonds. The molecule has 0 spiro atoms. The average Bonchev–Trinajstić information content (AvgIpc) is 3.13. The van der Waals surface area contributed by atoms with Gasteiger partial charge in [0, 0.05) is 0 Å². The van der Waals surface area contributed by atoms with Gasteiger partial charge < -0.3 is 11.5 Å². The maximum Gasteiger partial charge on any atom is -0.0134 e. The van der Waals surface area contributed by atoms with Crippen LogP contribution in [0.15, 0.2) is 182 Å². The largest absolute Gasteiger partial charge is 0.0622 e. The molecule has 0 bridgehead atoms. The molecule has 7 heteroatoms. The van der Waals surface area contributed by atoms with E-state index in [2.05, 4.69) is 182 Å². The zero-order valence-corrected chi connectivity index (χ0v) is 30.6. The van der Waals surface area contributed by atoms with Crippen LogP contribution in [0.1, 0.15) is 6.42 Å². The number of benzene rings is 6. The SMILES string of the molecule is NCCCN.[Cl][Ru][Cl].c1ccc(P(c2ccccc2)c2ccccc2)cc1.c1ccc(P(c2ccccc2)c2ccccc2)cc1. The van der Waals surface area contributed by atoms with Gasteiger partial charge in [0.2, 0.25) is 0 Å². The molecule has 0 aliphatic carbocycles. The Morgan fingerprint density at radius 2 is 0.500 bits per heavy atom. The average molecular weight is 771 g/mol. The maximum atomic E-state index is 5.06. The van der Waals surface area contributed by atoms with Crippen molar-refractivity contribution in [1.29, 1.82) is 0 Å². The summed E-state index contributed by atoms with van der Waals surface area (Å²) >= 11 is -0.346. The van der Waals surface area contributed by atoms with E-state index in [9.17, 15) is 0 Å². The minimum atomic E-state index is -0.446. The van der Waals surface area contributed by atoms with E-state index in [0.717, 1.165) is 19.5 Å². The molecule has 0 saturated heterocycles. The molecule has 0 aliphatic rings. The Morgan fingerprint density at radius 3 is 0.609 bits per heavy atom. The van der Waals surface area contributed by atoms with E-state index in [0.29, 0.717) is 0 Å². The van der Waals surface area contributed by atoms with Crippen molar-refractivity contribution >= 4 is 67.1 Å². The Hall–Kier alpha value is -2.70. The minimum Gasteiger partial charge on any atom is -0.0622 e. The Labute approximate surface area is 293 Å². The molecule has 6 aromatic rings. The summed E-state index contributed by atoms with van der Waals surface area (Å²) in [7, 11) is 8.82. The molecule has 238 valence electrons. The van der Waals surface area contributed by atoms with Crippen LogP contribution in [0.2, 0.25) is 0 Å². The van der Waals surface area contributed by atoms with Gasteiger partial charge in [0.25, 0.3) is 0 Å². The summed E-state index contributed by atoms with van der Waals surface area (Å²) < 4.78 is 0. The summed E-state index contributed by atoms with van der Waals surface area (Å²) in [5, 5.41) is 8.39. The molecule has 0 saturated carbocycles. The quantitative estimate of drug-likeness (QED) is 0.124. The van der Waals surface area contributed by atoms with Gasteiger partial charge in [-0.3, -0.25) is 0 Å². The fraction of sp³-hybridized carbons (Fsp3) is 0.0769. The van der Waals surface area contributed by atoms with Gasteiger partial charge in [0.05, 0.1) is 0 Å². The zero-order valence-electron chi connectivity index (χ0n) is 25.6. The fourth-order valence-corrected chi connectivity index (χ4v) is 9.09. The summed E-state index contributed by atoms with van der Waals surface area (Å²) in [6.45, 7) is 1.44. The summed E-state index contributed by atoms with van der Waals surface area (Å²) in [5.74, 6) is 0. The zero-order chi connectivity index (χ0) is 32.7. The first-order valence-electron chi connectivity index (χ1n) is 14.9. The van der Waals surface area contributed by atoms with E-state index in [4.69, 9.17) is 30.8 Å². The van der Waals surface area contributed by atoms with Gasteiger partial charge >= 0.3 is 34.5 Å². The van der Waals surface area contributed by atoms with E-state index < -0.39 is 15.8 Å². The van der Waals surface area contributed by atoms with E-state index in [-0.39, 0.29) is 15.1 Å². The second-order valence-electron chi connectivity index (χ2n) is 9.67. The molecule has 0 heterocycles. The smallest absolute Gasteiger partial charge is 0.0134 e. The van der Waals surface area contributed by atoms with E-state index in [1.54, 1.807) is 0 Å². The van der Waals surface area contributed by atoms with Crippen molar-refractivity contribution in [3.8, 4) is 0 Å². The molecule has 4 N–H and O–H groups in total. The molecule has 0 unspecified atom stereocenters. The van der Waals surface area contributed by atoms with Crippen LogP contribution in [0.3, 0.4) is 0 Å².